The van der Waals surface area contributed by atoms with Crippen LogP contribution in [0.5, 0.6) is 0 Å². The van der Waals surface area contributed by atoms with Crippen molar-refractivity contribution >= 4 is 23.3 Å². The number of morpholine rings is 1. The molecule has 3 fully saturated rings. The molecular weight excluding hydrogens is 424 g/mol. The molecule has 1 aromatic rings. The van der Waals surface area contributed by atoms with Crippen molar-refractivity contribution in [2.24, 2.45) is 15.9 Å². The number of nitrogens with two attached hydrogens (primary N) is 1. The molecule has 2 atom stereocenters. The Bertz CT molecular complexity index is 829. The van der Waals surface area contributed by atoms with Gasteiger partial charge in [-0.25, -0.2) is 0 Å². The van der Waals surface area contributed by atoms with Crippen LogP contribution in [0.4, 0.5) is 0 Å². The van der Waals surface area contributed by atoms with Crippen LogP contribution < -0.4 is 5.73 Å². The normalized spacial score (nSPS) is 28.2. The van der Waals surface area contributed by atoms with Gasteiger partial charge >= 0.3 is 0 Å². The van der Waals surface area contributed by atoms with Crippen molar-refractivity contribution in [3.63, 3.8) is 0 Å². The second-order valence-corrected chi connectivity index (χ2v) is 10.1. The van der Waals surface area contributed by atoms with Crippen LogP contribution in [0.25, 0.3) is 0 Å². The lowest BCUT2D eigenvalue weighted by atomic mass is 9.96. The topological polar surface area (TPSA) is 69.7 Å². The van der Waals surface area contributed by atoms with Gasteiger partial charge in [0.1, 0.15) is 11.7 Å². The minimum Gasteiger partial charge on any atom is -0.385 e. The number of nitrogens with zero attached hydrogens (tertiary/aromatic N) is 5. The molecule has 4 heterocycles. The number of likely N-dealkylation sites (tertiary alicyclic amines) is 2. The molecule has 0 unspecified atom stereocenters. The Kier molecular flexibility index (Phi) is 6.97. The number of halogens is 1. The van der Waals surface area contributed by atoms with Gasteiger partial charge in [0.15, 0.2) is 0 Å². The molecule has 0 spiro atoms. The minimum absolute atomic E-state index is 0.306. The molecule has 5 rings (SSSR count). The van der Waals surface area contributed by atoms with Crippen LogP contribution in [0.1, 0.15) is 37.7 Å². The highest BCUT2D eigenvalue weighted by Gasteiger charge is 2.36. The summed E-state index contributed by atoms with van der Waals surface area (Å²) in [5.74, 6) is 1.66. The molecule has 4 aliphatic rings. The van der Waals surface area contributed by atoms with E-state index >= 15 is 0 Å². The summed E-state index contributed by atoms with van der Waals surface area (Å²) in [5.41, 5.74) is 7.16. The minimum atomic E-state index is 0.306. The molecule has 0 saturated carbocycles. The van der Waals surface area contributed by atoms with Crippen molar-refractivity contribution in [3.8, 4) is 0 Å². The fraction of sp³-hybridized carbons (Fsp3) is 0.667. The molecule has 8 heteroatoms. The van der Waals surface area contributed by atoms with Crippen LogP contribution in [0.3, 0.4) is 0 Å². The second kappa shape index (κ2) is 10.1. The Balaban J connectivity index is 1.24. The van der Waals surface area contributed by atoms with Crippen LogP contribution in [-0.2, 0) is 11.2 Å². The molecular formula is C24H35ClN6O. The first kappa shape index (κ1) is 22.1. The first-order valence-corrected chi connectivity index (χ1v) is 12.5. The Morgan fingerprint density at radius 3 is 2.47 bits per heavy atom. The molecule has 3 saturated heterocycles. The largest absolute Gasteiger partial charge is 0.385 e. The average molecular weight is 459 g/mol. The van der Waals surface area contributed by atoms with Gasteiger partial charge in [0.2, 0.25) is 0 Å². The maximum absolute atomic E-state index is 6.42. The summed E-state index contributed by atoms with van der Waals surface area (Å²) < 4.78 is 6.42. The van der Waals surface area contributed by atoms with Gasteiger partial charge in [-0.05, 0) is 62.9 Å². The predicted molar refractivity (Wildman–Crippen MR) is 129 cm³/mol. The summed E-state index contributed by atoms with van der Waals surface area (Å²) in [6.45, 7) is 7.38. The Morgan fingerprint density at radius 2 is 1.78 bits per heavy atom. The van der Waals surface area contributed by atoms with Gasteiger partial charge in [-0.1, -0.05) is 23.7 Å². The summed E-state index contributed by atoms with van der Waals surface area (Å²) in [6, 6.07) is 9.29. The molecule has 0 amide bonds. The van der Waals surface area contributed by atoms with Crippen molar-refractivity contribution in [1.29, 1.82) is 0 Å². The molecule has 0 bridgehead atoms. The Morgan fingerprint density at radius 1 is 1.03 bits per heavy atom. The zero-order valence-corrected chi connectivity index (χ0v) is 19.6. The van der Waals surface area contributed by atoms with Gasteiger partial charge in [-0.3, -0.25) is 4.90 Å². The maximum atomic E-state index is 6.42. The highest BCUT2D eigenvalue weighted by atomic mass is 35.5. The first-order chi connectivity index (χ1) is 15.6. The fourth-order valence-corrected chi connectivity index (χ4v) is 5.77. The zero-order valence-electron chi connectivity index (χ0n) is 18.8. The molecule has 4 aliphatic heterocycles. The lowest BCUT2D eigenvalue weighted by Crippen LogP contribution is -2.59. The van der Waals surface area contributed by atoms with Crippen molar-refractivity contribution in [2.75, 3.05) is 45.9 Å². The SMILES string of the molecule is NC1=NN=C(N2CCC(N3C[C@H](CN4CCCC4)OC[C@@H]3Cc3ccc(Cl)cc3)CC2)C1. The van der Waals surface area contributed by atoms with Crippen molar-refractivity contribution in [3.05, 3.63) is 34.9 Å². The van der Waals surface area contributed by atoms with Crippen molar-refractivity contribution < 1.29 is 4.74 Å². The summed E-state index contributed by atoms with van der Waals surface area (Å²) in [7, 11) is 0. The van der Waals surface area contributed by atoms with E-state index in [0.717, 1.165) is 62.9 Å². The van der Waals surface area contributed by atoms with Gasteiger partial charge in [-0.15, -0.1) is 10.2 Å². The van der Waals surface area contributed by atoms with E-state index in [4.69, 9.17) is 22.1 Å². The van der Waals surface area contributed by atoms with E-state index in [9.17, 15) is 0 Å². The summed E-state index contributed by atoms with van der Waals surface area (Å²) >= 11 is 6.11. The third-order valence-electron chi connectivity index (χ3n) is 7.38. The molecule has 7 nitrogen and oxygen atoms in total. The van der Waals surface area contributed by atoms with Crippen molar-refractivity contribution in [2.45, 2.75) is 56.7 Å². The molecule has 174 valence electrons. The summed E-state index contributed by atoms with van der Waals surface area (Å²) in [6.07, 6.45) is 6.95. The standard InChI is InChI=1S/C24H35ClN6O/c25-19-5-3-18(4-6-19)13-21-17-32-22(15-29-9-1-2-10-29)16-31(21)20-7-11-30(12-8-20)24-14-23(26)27-28-24/h3-6,20-22H,1-2,7-17H2,(H2,26,27)/t21-,22-/m0/s1. The summed E-state index contributed by atoms with van der Waals surface area (Å²) in [5, 5.41) is 9.10. The van der Waals surface area contributed by atoms with Gasteiger partial charge in [-0.2, -0.15) is 0 Å². The monoisotopic (exact) mass is 458 g/mol. The lowest BCUT2D eigenvalue weighted by molar-refractivity contribution is -0.0923. The third kappa shape index (κ3) is 5.28. The van der Waals surface area contributed by atoms with E-state index in [1.165, 1.54) is 31.5 Å². The van der Waals surface area contributed by atoms with Crippen LogP contribution in [0, 0.1) is 0 Å². The number of ether oxygens (including phenoxy) is 1. The van der Waals surface area contributed by atoms with E-state index < -0.39 is 0 Å². The average Bonchev–Trinajstić information content (AvgIpc) is 3.48. The number of hydrogen-bond acceptors (Lipinski definition) is 7. The van der Waals surface area contributed by atoms with Crippen LogP contribution in [0.2, 0.25) is 5.02 Å². The number of piperidine rings is 1. The van der Waals surface area contributed by atoms with Gasteiger partial charge in [0.05, 0.1) is 19.1 Å². The van der Waals surface area contributed by atoms with E-state index in [-0.39, 0.29) is 0 Å². The smallest absolute Gasteiger partial charge is 0.135 e. The van der Waals surface area contributed by atoms with E-state index in [0.29, 0.717) is 30.4 Å². The van der Waals surface area contributed by atoms with Crippen LogP contribution >= 0.6 is 11.6 Å². The number of hydrogen-bond donors (Lipinski definition) is 1. The van der Waals surface area contributed by atoms with Gasteiger partial charge in [0, 0.05) is 43.3 Å². The van der Waals surface area contributed by atoms with Crippen LogP contribution in [-0.4, -0.2) is 90.4 Å². The number of benzene rings is 1. The van der Waals surface area contributed by atoms with Gasteiger partial charge < -0.3 is 20.3 Å². The second-order valence-electron chi connectivity index (χ2n) is 9.65. The molecule has 32 heavy (non-hydrogen) atoms. The van der Waals surface area contributed by atoms with Crippen LogP contribution in [0.15, 0.2) is 34.5 Å². The Labute approximate surface area is 196 Å². The van der Waals surface area contributed by atoms with Crippen molar-refractivity contribution in [1.82, 2.24) is 14.7 Å². The molecule has 0 aliphatic carbocycles. The maximum Gasteiger partial charge on any atom is 0.135 e. The lowest BCUT2D eigenvalue weighted by Gasteiger charge is -2.47. The quantitative estimate of drug-likeness (QED) is 0.734. The Hall–Kier alpha value is -1.67. The van der Waals surface area contributed by atoms with E-state index in [2.05, 4.69) is 37.0 Å². The predicted octanol–water partition coefficient (Wildman–Crippen LogP) is 2.59. The fourth-order valence-electron chi connectivity index (χ4n) is 5.64. The molecule has 2 N–H and O–H groups in total. The highest BCUT2D eigenvalue weighted by molar-refractivity contribution is 6.30. The first-order valence-electron chi connectivity index (χ1n) is 12.1. The molecule has 0 radical (unpaired) electrons. The third-order valence-corrected chi connectivity index (χ3v) is 7.64. The molecule has 0 aromatic heterocycles. The number of rotatable bonds is 5. The van der Waals surface area contributed by atoms with Gasteiger partial charge in [0.25, 0.3) is 0 Å². The van der Waals surface area contributed by atoms with E-state index in [1.54, 1.807) is 0 Å². The number of amidine groups is 2. The zero-order chi connectivity index (χ0) is 21.9. The summed E-state index contributed by atoms with van der Waals surface area (Å²) in [4.78, 5) is 7.71. The van der Waals surface area contributed by atoms with E-state index in [1.807, 2.05) is 12.1 Å². The highest BCUT2D eigenvalue weighted by Crippen LogP contribution is 2.27. The molecule has 1 aromatic carbocycles.